The number of hydrogen-bond acceptors (Lipinski definition) is 2. The first kappa shape index (κ1) is 33.5. The maximum absolute atomic E-state index is 13.0. The fourth-order valence-electron chi connectivity index (χ4n) is 6.43. The highest BCUT2D eigenvalue weighted by Crippen LogP contribution is 2.67. The monoisotopic (exact) mass is 562 g/mol. The lowest BCUT2D eigenvalue weighted by Gasteiger charge is -2.43. The second kappa shape index (κ2) is 12.9. The summed E-state index contributed by atoms with van der Waals surface area (Å²) in [6, 6.07) is 0. The molecular formula is C31H44F6O2. The lowest BCUT2D eigenvalue weighted by molar-refractivity contribution is -0.343. The largest absolute Gasteiger partial charge is 0.438 e. The molecule has 222 valence electrons. The molecule has 3 atom stereocenters. The average molecular weight is 563 g/mol. The number of halogens is 6. The lowest BCUT2D eigenvalue weighted by atomic mass is 9.61. The molecule has 2 nitrogen and oxygen atoms in total. The van der Waals surface area contributed by atoms with Gasteiger partial charge in [-0.1, -0.05) is 75.5 Å². The zero-order valence-corrected chi connectivity index (χ0v) is 23.8. The molecule has 0 aromatic heterocycles. The average Bonchev–Trinajstić information content (AvgIpc) is 3.56. The van der Waals surface area contributed by atoms with Crippen LogP contribution in [0.5, 0.6) is 0 Å². The molecule has 4 aliphatic rings. The van der Waals surface area contributed by atoms with Gasteiger partial charge in [0, 0.05) is 11.8 Å². The van der Waals surface area contributed by atoms with Crippen molar-refractivity contribution in [2.75, 3.05) is 0 Å². The number of rotatable bonds is 3. The van der Waals surface area contributed by atoms with Crippen molar-refractivity contribution in [1.29, 1.82) is 0 Å². The normalized spacial score (nSPS) is 30.1. The number of fused-ring (bicyclic) bond motifs is 1. The van der Waals surface area contributed by atoms with E-state index in [-0.39, 0.29) is 23.9 Å². The molecule has 2 N–H and O–H groups in total. The fraction of sp³-hybridized carbons (Fsp3) is 0.742. The van der Waals surface area contributed by atoms with Gasteiger partial charge in [0.1, 0.15) is 0 Å². The van der Waals surface area contributed by atoms with Gasteiger partial charge in [-0.15, -0.1) is 0 Å². The van der Waals surface area contributed by atoms with E-state index in [9.17, 15) is 36.6 Å². The van der Waals surface area contributed by atoms with Gasteiger partial charge in [0.25, 0.3) is 0 Å². The van der Waals surface area contributed by atoms with E-state index >= 15 is 0 Å². The molecule has 0 aromatic carbocycles. The Morgan fingerprint density at radius 1 is 0.949 bits per heavy atom. The van der Waals surface area contributed by atoms with E-state index in [2.05, 4.69) is 31.1 Å². The highest BCUT2D eigenvalue weighted by molar-refractivity contribution is 5.41. The fourth-order valence-corrected chi connectivity index (χ4v) is 6.43. The van der Waals surface area contributed by atoms with Gasteiger partial charge in [-0.05, 0) is 81.5 Å². The van der Waals surface area contributed by atoms with Gasteiger partial charge in [0.2, 0.25) is 0 Å². The van der Waals surface area contributed by atoms with Crippen molar-refractivity contribution >= 4 is 0 Å². The van der Waals surface area contributed by atoms with Crippen molar-refractivity contribution in [2.45, 2.75) is 129 Å². The lowest BCUT2D eigenvalue weighted by Crippen LogP contribution is -2.55. The van der Waals surface area contributed by atoms with Gasteiger partial charge in [0.15, 0.2) is 0 Å². The van der Waals surface area contributed by atoms with Crippen LogP contribution in [0.15, 0.2) is 34.9 Å². The molecule has 0 amide bonds. The second-order valence-corrected chi connectivity index (χ2v) is 11.0. The Morgan fingerprint density at radius 3 is 2.10 bits per heavy atom. The van der Waals surface area contributed by atoms with E-state index in [1.807, 2.05) is 27.7 Å². The topological polar surface area (TPSA) is 40.5 Å². The Morgan fingerprint density at radius 2 is 1.56 bits per heavy atom. The van der Waals surface area contributed by atoms with E-state index < -0.39 is 23.4 Å². The zero-order valence-electron chi connectivity index (χ0n) is 23.8. The van der Waals surface area contributed by atoms with Gasteiger partial charge >= 0.3 is 18.0 Å². The van der Waals surface area contributed by atoms with E-state index in [0.717, 1.165) is 56.4 Å². The summed E-state index contributed by atoms with van der Waals surface area (Å²) in [5, 5.41) is 19.3. The molecule has 4 rings (SSSR count). The number of hydrogen-bond donors (Lipinski definition) is 2. The Hall–Kier alpha value is -1.72. The summed E-state index contributed by atoms with van der Waals surface area (Å²) in [5.74, 6) is 3.48. The third-order valence-electron chi connectivity index (χ3n) is 8.56. The first-order valence-corrected chi connectivity index (χ1v) is 14.4. The molecule has 0 bridgehead atoms. The minimum atomic E-state index is -5.93. The van der Waals surface area contributed by atoms with E-state index in [0.29, 0.717) is 19.3 Å². The Balaban J connectivity index is 0.00000127. The van der Waals surface area contributed by atoms with Gasteiger partial charge in [-0.25, -0.2) is 0 Å². The third kappa shape index (κ3) is 6.96. The molecule has 0 aliphatic heterocycles. The van der Waals surface area contributed by atoms with E-state index in [1.165, 1.54) is 11.1 Å². The van der Waals surface area contributed by atoms with Crippen LogP contribution in [0.1, 0.15) is 105 Å². The first-order chi connectivity index (χ1) is 18.2. The quantitative estimate of drug-likeness (QED) is 0.205. The first-order valence-electron chi connectivity index (χ1n) is 14.4. The third-order valence-corrected chi connectivity index (χ3v) is 8.56. The van der Waals surface area contributed by atoms with E-state index in [1.54, 1.807) is 0 Å². The van der Waals surface area contributed by atoms with Crippen molar-refractivity contribution in [2.24, 2.45) is 16.7 Å². The maximum atomic E-state index is 13.0. The standard InChI is InChI=1S/C27H32F6O2.2C2H6/c1-23-12-3-6-19(9-8-18-5-2-7-20(34)17-18)21(23)10-11-22(23)24(15-16-24)13-4-14-25(35,26(28,29)30)27(31,32)33;2*1-2/h8-9,11,20-21,34-35H,2-3,5-7,10,12-13,15-17H2,1H3;2*1-2H3/b18-8-,19-9+;;. The zero-order chi connectivity index (χ0) is 29.7. The van der Waals surface area contributed by atoms with Crippen molar-refractivity contribution in [3.63, 3.8) is 0 Å². The molecule has 3 fully saturated rings. The molecule has 0 spiro atoms. The van der Waals surface area contributed by atoms with Crippen LogP contribution in [0.25, 0.3) is 0 Å². The number of allylic oxidation sites excluding steroid dienone is 5. The number of aliphatic hydroxyl groups is 2. The maximum Gasteiger partial charge on any atom is 0.438 e. The van der Waals surface area contributed by atoms with Crippen molar-refractivity contribution < 1.29 is 36.6 Å². The van der Waals surface area contributed by atoms with Crippen LogP contribution in [-0.2, 0) is 0 Å². The van der Waals surface area contributed by atoms with Crippen LogP contribution in [-0.4, -0.2) is 34.3 Å². The molecule has 0 heterocycles. The van der Waals surface area contributed by atoms with Crippen LogP contribution in [0.3, 0.4) is 0 Å². The summed E-state index contributed by atoms with van der Waals surface area (Å²) in [4.78, 5) is 0. The van der Waals surface area contributed by atoms with Crippen LogP contribution in [0.4, 0.5) is 26.3 Å². The Kier molecular flexibility index (Phi) is 11.0. The molecule has 3 unspecified atom stereocenters. The van der Waals surface area contributed by atoms with Crippen LogP contribution in [0.2, 0.25) is 0 Å². The molecule has 0 aromatic rings. The number of alkyl halides is 6. The molecule has 39 heavy (non-hydrogen) atoms. The van der Waals surface area contributed by atoms with Crippen LogP contribution < -0.4 is 0 Å². The smallest absolute Gasteiger partial charge is 0.393 e. The Labute approximate surface area is 229 Å². The SMILES string of the molecule is CC.CC.CC12CCC/C(=C\C=C3\CCCC(O)C3)C1CC=C2C1(CC#CC(O)(C(F)(F)F)C(F)(F)F)CC1. The molecule has 0 saturated heterocycles. The minimum absolute atomic E-state index is 0.128. The summed E-state index contributed by atoms with van der Waals surface area (Å²) >= 11 is 0. The highest BCUT2D eigenvalue weighted by atomic mass is 19.4. The summed E-state index contributed by atoms with van der Waals surface area (Å²) in [5.41, 5.74) is -2.06. The van der Waals surface area contributed by atoms with Gasteiger partial charge < -0.3 is 10.2 Å². The van der Waals surface area contributed by atoms with Gasteiger partial charge in [-0.2, -0.15) is 26.3 Å². The van der Waals surface area contributed by atoms with Crippen molar-refractivity contribution in [1.82, 2.24) is 0 Å². The number of aliphatic hydroxyl groups excluding tert-OH is 1. The van der Waals surface area contributed by atoms with Gasteiger partial charge in [0.05, 0.1) is 6.10 Å². The molecule has 0 radical (unpaired) electrons. The minimum Gasteiger partial charge on any atom is -0.393 e. The summed E-state index contributed by atoms with van der Waals surface area (Å²) in [6.07, 6.45) is 2.66. The van der Waals surface area contributed by atoms with E-state index in [4.69, 9.17) is 0 Å². The van der Waals surface area contributed by atoms with Gasteiger partial charge in [-0.3, -0.25) is 0 Å². The van der Waals surface area contributed by atoms with Crippen molar-refractivity contribution in [3.05, 3.63) is 34.9 Å². The second-order valence-electron chi connectivity index (χ2n) is 11.0. The van der Waals surface area contributed by atoms with Crippen molar-refractivity contribution in [3.8, 4) is 11.8 Å². The molecule has 8 heteroatoms. The molecule has 4 aliphatic carbocycles. The highest BCUT2D eigenvalue weighted by Gasteiger charge is 2.70. The molecular weight excluding hydrogens is 518 g/mol. The summed E-state index contributed by atoms with van der Waals surface area (Å²) < 4.78 is 77.9. The van der Waals surface area contributed by atoms with Crippen LogP contribution in [0, 0.1) is 28.6 Å². The Bertz CT molecular complexity index is 973. The summed E-state index contributed by atoms with van der Waals surface area (Å²) in [7, 11) is 0. The predicted octanol–water partition coefficient (Wildman–Crippen LogP) is 8.99. The van der Waals surface area contributed by atoms with Crippen LogP contribution >= 0.6 is 0 Å². The summed E-state index contributed by atoms with van der Waals surface area (Å²) in [6.45, 7) is 10.2. The molecule has 3 saturated carbocycles. The predicted molar refractivity (Wildman–Crippen MR) is 143 cm³/mol.